The highest BCUT2D eigenvalue weighted by atomic mass is 31.2. The molecule has 0 saturated heterocycles. The fourth-order valence-electron chi connectivity index (χ4n) is 4.80. The maximum atomic E-state index is 12.5. The van der Waals surface area contributed by atoms with Crippen LogP contribution in [0.4, 0.5) is 0 Å². The zero-order valence-electron chi connectivity index (χ0n) is 31.0. The smallest absolute Gasteiger partial charge is 0.472 e. The number of carboxylic acid groups (broad SMARTS) is 1. The van der Waals surface area contributed by atoms with Crippen molar-refractivity contribution in [1.29, 1.82) is 0 Å². The minimum absolute atomic E-state index is 0.143. The predicted molar refractivity (Wildman–Crippen MR) is 199 cm³/mol. The lowest BCUT2D eigenvalue weighted by atomic mass is 10.1. The SMILES string of the molecule is CCC/C=C\CCCCCCCC(=O)OCC(COP(=O)(O)OCC(N)C(=O)O)OC(=O)CCCCCCC/C=C\C/C=C\CCCCCC. The Morgan fingerprint density at radius 2 is 1.10 bits per heavy atom. The Bertz CT molecular complexity index is 1000. The summed E-state index contributed by atoms with van der Waals surface area (Å²) in [6.45, 7) is 2.67. The van der Waals surface area contributed by atoms with Crippen molar-refractivity contribution < 1.29 is 47.5 Å². The Morgan fingerprint density at radius 3 is 1.66 bits per heavy atom. The Kier molecular flexibility index (Phi) is 32.3. The Hall–Kier alpha value is -2.30. The van der Waals surface area contributed by atoms with E-state index in [4.69, 9.17) is 24.8 Å². The van der Waals surface area contributed by atoms with Crippen molar-refractivity contribution in [2.24, 2.45) is 5.73 Å². The normalized spacial score (nSPS) is 14.3. The van der Waals surface area contributed by atoms with Crippen LogP contribution in [0.15, 0.2) is 36.5 Å². The highest BCUT2D eigenvalue weighted by Gasteiger charge is 2.28. The molecule has 0 bridgehead atoms. The van der Waals surface area contributed by atoms with E-state index in [2.05, 4.69) is 54.8 Å². The molecule has 0 heterocycles. The Balaban J connectivity index is 4.47. The summed E-state index contributed by atoms with van der Waals surface area (Å²) in [5.41, 5.74) is 5.31. The van der Waals surface area contributed by atoms with Gasteiger partial charge in [0.15, 0.2) is 6.10 Å². The molecular formula is C38H68NO10P. The van der Waals surface area contributed by atoms with Crippen molar-refractivity contribution in [3.05, 3.63) is 36.5 Å². The van der Waals surface area contributed by atoms with E-state index in [0.29, 0.717) is 12.8 Å². The molecule has 0 aliphatic rings. The number of carbonyl (C=O) groups is 3. The molecule has 3 atom stereocenters. The highest BCUT2D eigenvalue weighted by Crippen LogP contribution is 2.43. The number of esters is 2. The quantitative estimate of drug-likeness (QED) is 0.0246. The van der Waals surface area contributed by atoms with E-state index in [1.54, 1.807) is 0 Å². The van der Waals surface area contributed by atoms with Crippen molar-refractivity contribution >= 4 is 25.7 Å². The summed E-state index contributed by atoms with van der Waals surface area (Å²) in [6, 6.07) is -1.52. The first-order valence-electron chi connectivity index (χ1n) is 19.0. The van der Waals surface area contributed by atoms with Crippen molar-refractivity contribution in [2.75, 3.05) is 19.8 Å². The van der Waals surface area contributed by atoms with Crippen molar-refractivity contribution in [3.63, 3.8) is 0 Å². The van der Waals surface area contributed by atoms with Gasteiger partial charge in [0, 0.05) is 12.8 Å². The van der Waals surface area contributed by atoms with Crippen LogP contribution in [-0.4, -0.2) is 59.9 Å². The number of aliphatic carboxylic acids is 1. The number of carboxylic acids is 1. The first-order valence-corrected chi connectivity index (χ1v) is 20.5. The van der Waals surface area contributed by atoms with Gasteiger partial charge in [0.2, 0.25) is 0 Å². The average Bonchev–Trinajstić information content (AvgIpc) is 3.09. The van der Waals surface area contributed by atoms with Crippen molar-refractivity contribution in [2.45, 2.75) is 167 Å². The molecule has 0 aromatic heterocycles. The molecule has 0 saturated carbocycles. The zero-order valence-corrected chi connectivity index (χ0v) is 31.9. The lowest BCUT2D eigenvalue weighted by Gasteiger charge is -2.20. The average molecular weight is 730 g/mol. The minimum Gasteiger partial charge on any atom is -0.480 e. The number of carbonyl (C=O) groups excluding carboxylic acids is 2. The van der Waals surface area contributed by atoms with Crippen LogP contribution in [0, 0.1) is 0 Å². The molecule has 0 rings (SSSR count). The van der Waals surface area contributed by atoms with Crippen LogP contribution >= 0.6 is 7.82 Å². The summed E-state index contributed by atoms with van der Waals surface area (Å²) in [5, 5.41) is 8.85. The van der Waals surface area contributed by atoms with Gasteiger partial charge in [-0.1, -0.05) is 115 Å². The number of unbranched alkanes of at least 4 members (excludes halogenated alkanes) is 15. The van der Waals surface area contributed by atoms with E-state index < -0.39 is 51.1 Å². The molecule has 11 nitrogen and oxygen atoms in total. The van der Waals surface area contributed by atoms with Gasteiger partial charge in [-0.2, -0.15) is 0 Å². The number of phosphoric ester groups is 1. The molecule has 0 spiro atoms. The topological polar surface area (TPSA) is 172 Å². The fraction of sp³-hybridized carbons (Fsp3) is 0.763. The van der Waals surface area contributed by atoms with E-state index in [1.807, 2.05) is 0 Å². The fourth-order valence-corrected chi connectivity index (χ4v) is 5.58. The summed E-state index contributed by atoms with van der Waals surface area (Å²) >= 11 is 0. The second-order valence-electron chi connectivity index (χ2n) is 12.7. The second-order valence-corrected chi connectivity index (χ2v) is 14.2. The van der Waals surface area contributed by atoms with Gasteiger partial charge in [-0.3, -0.25) is 23.4 Å². The molecule has 12 heteroatoms. The van der Waals surface area contributed by atoms with E-state index in [9.17, 15) is 23.8 Å². The summed E-state index contributed by atoms with van der Waals surface area (Å²) in [7, 11) is -4.71. The van der Waals surface area contributed by atoms with Crippen LogP contribution in [0.25, 0.3) is 0 Å². The minimum atomic E-state index is -4.71. The molecule has 3 unspecified atom stereocenters. The van der Waals surface area contributed by atoms with Gasteiger partial charge < -0.3 is 25.2 Å². The molecule has 0 aliphatic carbocycles. The number of nitrogens with two attached hydrogens (primary N) is 1. The highest BCUT2D eigenvalue weighted by molar-refractivity contribution is 7.47. The molecule has 0 aliphatic heterocycles. The largest absolute Gasteiger partial charge is 0.480 e. The van der Waals surface area contributed by atoms with Crippen LogP contribution in [0.2, 0.25) is 0 Å². The van der Waals surface area contributed by atoms with E-state index >= 15 is 0 Å². The maximum Gasteiger partial charge on any atom is 0.472 e. The Morgan fingerprint density at radius 1 is 0.620 bits per heavy atom. The van der Waals surface area contributed by atoms with Crippen LogP contribution < -0.4 is 5.73 Å². The Labute approximate surface area is 302 Å². The molecule has 4 N–H and O–H groups in total. The van der Waals surface area contributed by atoms with Crippen LogP contribution in [-0.2, 0) is 37.5 Å². The van der Waals surface area contributed by atoms with Crippen molar-refractivity contribution in [3.8, 4) is 0 Å². The van der Waals surface area contributed by atoms with Gasteiger partial charge in [-0.15, -0.1) is 0 Å². The van der Waals surface area contributed by atoms with E-state index in [0.717, 1.165) is 89.9 Å². The van der Waals surface area contributed by atoms with E-state index in [-0.39, 0.29) is 19.4 Å². The van der Waals surface area contributed by atoms with Gasteiger partial charge in [-0.05, 0) is 64.2 Å². The van der Waals surface area contributed by atoms with Gasteiger partial charge in [-0.25, -0.2) is 4.57 Å². The standard InChI is InChI=1S/C38H68NO10P/c1-3-5-7-9-11-13-15-16-17-18-19-20-22-24-26-28-30-37(41)49-34(32-47-50(44,45)48-33-35(39)38(42)43)31-46-36(40)29-27-25-23-21-14-12-10-8-6-4-2/h8,10,13,15,17-18,34-35H,3-7,9,11-12,14,16,19-33,39H2,1-2H3,(H,42,43)(H,44,45)/b10-8-,15-13-,18-17-. The van der Waals surface area contributed by atoms with Gasteiger partial charge in [0.25, 0.3) is 0 Å². The number of hydrogen-bond donors (Lipinski definition) is 3. The molecule has 0 aromatic rings. The molecule has 0 amide bonds. The lowest BCUT2D eigenvalue weighted by Crippen LogP contribution is -2.34. The van der Waals surface area contributed by atoms with Gasteiger partial charge in [0.1, 0.15) is 12.6 Å². The maximum absolute atomic E-state index is 12.5. The number of phosphoric acid groups is 1. The number of rotatable bonds is 35. The van der Waals surface area contributed by atoms with E-state index in [1.165, 1.54) is 25.7 Å². The number of ether oxygens (including phenoxy) is 2. The predicted octanol–water partition coefficient (Wildman–Crippen LogP) is 9.28. The number of allylic oxidation sites excluding steroid dienone is 6. The third-order valence-electron chi connectivity index (χ3n) is 7.84. The van der Waals surface area contributed by atoms with Crippen LogP contribution in [0.5, 0.6) is 0 Å². The molecule has 0 aromatic carbocycles. The van der Waals surface area contributed by atoms with Crippen molar-refractivity contribution in [1.82, 2.24) is 0 Å². The van der Waals surface area contributed by atoms with Crippen LogP contribution in [0.3, 0.4) is 0 Å². The summed E-state index contributed by atoms with van der Waals surface area (Å²) in [5.74, 6) is -2.41. The molecular weight excluding hydrogens is 661 g/mol. The molecule has 0 radical (unpaired) electrons. The first kappa shape index (κ1) is 47.7. The molecule has 50 heavy (non-hydrogen) atoms. The monoisotopic (exact) mass is 729 g/mol. The molecule has 0 fully saturated rings. The van der Waals surface area contributed by atoms with Crippen LogP contribution in [0.1, 0.15) is 155 Å². The van der Waals surface area contributed by atoms with Gasteiger partial charge >= 0.3 is 25.7 Å². The summed E-state index contributed by atoms with van der Waals surface area (Å²) in [4.78, 5) is 45.7. The summed E-state index contributed by atoms with van der Waals surface area (Å²) < 4.78 is 32.5. The molecule has 290 valence electrons. The lowest BCUT2D eigenvalue weighted by molar-refractivity contribution is -0.161. The number of hydrogen-bond acceptors (Lipinski definition) is 9. The zero-order chi connectivity index (χ0) is 37.1. The van der Waals surface area contributed by atoms with Gasteiger partial charge in [0.05, 0.1) is 13.2 Å². The second kappa shape index (κ2) is 33.8. The summed E-state index contributed by atoms with van der Waals surface area (Å²) in [6.07, 6.45) is 33.6. The third-order valence-corrected chi connectivity index (χ3v) is 8.79. The third kappa shape index (κ3) is 32.9. The first-order chi connectivity index (χ1) is 24.1.